The summed E-state index contributed by atoms with van der Waals surface area (Å²) >= 11 is 0. The topological polar surface area (TPSA) is 48.0 Å². The molecule has 0 bridgehead atoms. The van der Waals surface area contributed by atoms with E-state index >= 15 is 0 Å². The third-order valence-corrected chi connectivity index (χ3v) is 3.91. The number of rotatable bonds is 5. The number of benzene rings is 2. The number of hydrogen-bond donors (Lipinski definition) is 3. The molecule has 0 fully saturated rings. The minimum atomic E-state index is -0.475. The Morgan fingerprint density at radius 2 is 1.76 bits per heavy atom. The van der Waals surface area contributed by atoms with Crippen LogP contribution in [0.25, 0.3) is 10.9 Å². The fourth-order valence-electron chi connectivity index (χ4n) is 2.95. The Morgan fingerprint density at radius 3 is 2.52 bits per heavy atom. The summed E-state index contributed by atoms with van der Waals surface area (Å²) in [6.07, 6.45) is 1.54. The van der Waals surface area contributed by atoms with Gasteiger partial charge in [-0.1, -0.05) is 48.5 Å². The van der Waals surface area contributed by atoms with Crippen molar-refractivity contribution in [3.8, 4) is 0 Å². The molecule has 1 heterocycles. The molecule has 0 aliphatic rings. The molecule has 0 radical (unpaired) electrons. The van der Waals surface area contributed by atoms with Crippen LogP contribution in [0.4, 0.5) is 0 Å². The van der Waals surface area contributed by atoms with Gasteiger partial charge in [0.05, 0.1) is 6.10 Å². The standard InChI is InChI=1S/C18H20N2O/c1-19-12-17(21)18(13-7-3-2-4-8-13)15-11-20-16-10-6-5-9-14(15)16/h2-11,17-21H,12H2,1H3. The van der Waals surface area contributed by atoms with Crippen molar-refractivity contribution >= 4 is 10.9 Å². The van der Waals surface area contributed by atoms with Gasteiger partial charge in [-0.2, -0.15) is 0 Å². The second kappa shape index (κ2) is 6.12. The van der Waals surface area contributed by atoms with Gasteiger partial charge in [-0.15, -0.1) is 0 Å². The molecule has 108 valence electrons. The van der Waals surface area contributed by atoms with E-state index in [1.165, 1.54) is 5.39 Å². The van der Waals surface area contributed by atoms with Gasteiger partial charge >= 0.3 is 0 Å². The number of likely N-dealkylation sites (N-methyl/N-ethyl adjacent to an activating group) is 1. The molecule has 1 aromatic heterocycles. The molecule has 3 heteroatoms. The van der Waals surface area contributed by atoms with E-state index in [4.69, 9.17) is 0 Å². The first-order chi connectivity index (χ1) is 10.3. The highest BCUT2D eigenvalue weighted by atomic mass is 16.3. The predicted octanol–water partition coefficient (Wildman–Crippen LogP) is 2.88. The number of nitrogens with one attached hydrogen (secondary N) is 2. The van der Waals surface area contributed by atoms with Crippen LogP contribution < -0.4 is 5.32 Å². The van der Waals surface area contributed by atoms with Crippen LogP contribution in [0.15, 0.2) is 60.8 Å². The number of aliphatic hydroxyl groups is 1. The monoisotopic (exact) mass is 280 g/mol. The summed E-state index contributed by atoms with van der Waals surface area (Å²) in [6.45, 7) is 0.555. The molecule has 0 amide bonds. The van der Waals surface area contributed by atoms with Crippen molar-refractivity contribution in [1.29, 1.82) is 0 Å². The highest BCUT2D eigenvalue weighted by Gasteiger charge is 2.25. The van der Waals surface area contributed by atoms with Crippen molar-refractivity contribution in [3.05, 3.63) is 71.9 Å². The Kier molecular flexibility index (Phi) is 4.04. The van der Waals surface area contributed by atoms with Gasteiger partial charge < -0.3 is 15.4 Å². The second-order valence-electron chi connectivity index (χ2n) is 5.30. The molecule has 3 N–H and O–H groups in total. The molecule has 21 heavy (non-hydrogen) atoms. The molecule has 3 nitrogen and oxygen atoms in total. The number of fused-ring (bicyclic) bond motifs is 1. The van der Waals surface area contributed by atoms with Crippen molar-refractivity contribution < 1.29 is 5.11 Å². The maximum atomic E-state index is 10.6. The molecule has 0 spiro atoms. The van der Waals surface area contributed by atoms with Crippen molar-refractivity contribution in [3.63, 3.8) is 0 Å². The highest BCUT2D eigenvalue weighted by molar-refractivity contribution is 5.84. The molecule has 3 rings (SSSR count). The largest absolute Gasteiger partial charge is 0.391 e. The number of aromatic nitrogens is 1. The number of aromatic amines is 1. The van der Waals surface area contributed by atoms with E-state index < -0.39 is 6.10 Å². The van der Waals surface area contributed by atoms with Crippen molar-refractivity contribution in [2.45, 2.75) is 12.0 Å². The van der Waals surface area contributed by atoms with E-state index in [1.54, 1.807) is 0 Å². The molecule has 3 aromatic rings. The average molecular weight is 280 g/mol. The Morgan fingerprint density at radius 1 is 1.05 bits per heavy atom. The molecule has 2 aromatic carbocycles. The second-order valence-corrected chi connectivity index (χ2v) is 5.30. The zero-order chi connectivity index (χ0) is 14.7. The Bertz CT molecular complexity index is 705. The number of para-hydroxylation sites is 1. The van der Waals surface area contributed by atoms with Gasteiger partial charge in [-0.05, 0) is 24.2 Å². The van der Waals surface area contributed by atoms with E-state index in [0.29, 0.717) is 6.54 Å². The van der Waals surface area contributed by atoms with E-state index in [2.05, 4.69) is 34.6 Å². The lowest BCUT2D eigenvalue weighted by molar-refractivity contribution is 0.157. The molecule has 2 atom stereocenters. The third kappa shape index (κ3) is 2.71. The van der Waals surface area contributed by atoms with Gasteiger partial charge in [0.15, 0.2) is 0 Å². The first-order valence-electron chi connectivity index (χ1n) is 7.25. The smallest absolute Gasteiger partial charge is 0.0774 e. The molecule has 0 aliphatic carbocycles. The summed E-state index contributed by atoms with van der Waals surface area (Å²) in [4.78, 5) is 3.30. The lowest BCUT2D eigenvalue weighted by Gasteiger charge is -2.23. The summed E-state index contributed by atoms with van der Waals surface area (Å²) in [5.74, 6) is -0.0465. The summed E-state index contributed by atoms with van der Waals surface area (Å²) in [6, 6.07) is 18.4. The van der Waals surface area contributed by atoms with Crippen LogP contribution in [0.5, 0.6) is 0 Å². The number of aliphatic hydroxyl groups excluding tert-OH is 1. The predicted molar refractivity (Wildman–Crippen MR) is 86.5 cm³/mol. The van der Waals surface area contributed by atoms with E-state index in [0.717, 1.165) is 16.6 Å². The quantitative estimate of drug-likeness (QED) is 0.673. The van der Waals surface area contributed by atoms with Crippen LogP contribution in [0.1, 0.15) is 17.0 Å². The van der Waals surface area contributed by atoms with E-state index in [-0.39, 0.29) is 5.92 Å². The van der Waals surface area contributed by atoms with Gasteiger partial charge in [0.2, 0.25) is 0 Å². The van der Waals surface area contributed by atoms with Gasteiger partial charge in [0.25, 0.3) is 0 Å². The van der Waals surface area contributed by atoms with Gasteiger partial charge in [0, 0.05) is 29.6 Å². The Balaban J connectivity index is 2.11. The third-order valence-electron chi connectivity index (χ3n) is 3.91. The Labute approximate surface area is 124 Å². The molecule has 0 saturated carbocycles. The number of hydrogen-bond acceptors (Lipinski definition) is 2. The van der Waals surface area contributed by atoms with Crippen LogP contribution in [0.3, 0.4) is 0 Å². The first kappa shape index (κ1) is 13.9. The zero-order valence-corrected chi connectivity index (χ0v) is 12.1. The van der Waals surface area contributed by atoms with E-state index in [1.807, 2.05) is 43.6 Å². The number of H-pyrrole nitrogens is 1. The molecule has 0 saturated heterocycles. The lowest BCUT2D eigenvalue weighted by Crippen LogP contribution is -2.30. The maximum absolute atomic E-state index is 10.6. The van der Waals surface area contributed by atoms with Crippen molar-refractivity contribution in [2.24, 2.45) is 0 Å². The fraction of sp³-hybridized carbons (Fsp3) is 0.222. The summed E-state index contributed by atoms with van der Waals surface area (Å²) in [7, 11) is 1.86. The lowest BCUT2D eigenvalue weighted by atomic mass is 9.86. The highest BCUT2D eigenvalue weighted by Crippen LogP contribution is 2.33. The molecular formula is C18H20N2O. The normalized spacial score (nSPS) is 14.2. The van der Waals surface area contributed by atoms with Crippen LogP contribution in [0, 0.1) is 0 Å². The summed E-state index contributed by atoms with van der Waals surface area (Å²) in [5, 5.41) is 14.9. The first-order valence-corrected chi connectivity index (χ1v) is 7.25. The zero-order valence-electron chi connectivity index (χ0n) is 12.1. The Hall–Kier alpha value is -2.10. The van der Waals surface area contributed by atoms with Crippen LogP contribution in [-0.4, -0.2) is 29.8 Å². The van der Waals surface area contributed by atoms with Crippen LogP contribution >= 0.6 is 0 Å². The average Bonchev–Trinajstić information content (AvgIpc) is 2.93. The molecule has 0 aliphatic heterocycles. The fourth-order valence-corrected chi connectivity index (χ4v) is 2.95. The minimum Gasteiger partial charge on any atom is -0.391 e. The molecular weight excluding hydrogens is 260 g/mol. The van der Waals surface area contributed by atoms with E-state index in [9.17, 15) is 5.11 Å². The minimum absolute atomic E-state index is 0.0465. The van der Waals surface area contributed by atoms with Gasteiger partial charge in [-0.25, -0.2) is 0 Å². The molecule has 2 unspecified atom stereocenters. The van der Waals surface area contributed by atoms with Crippen molar-refractivity contribution in [2.75, 3.05) is 13.6 Å². The van der Waals surface area contributed by atoms with Gasteiger partial charge in [0.1, 0.15) is 0 Å². The maximum Gasteiger partial charge on any atom is 0.0774 e. The SMILES string of the molecule is CNCC(O)C(c1ccccc1)c1c[nH]c2ccccc12. The summed E-state index contributed by atoms with van der Waals surface area (Å²) in [5.41, 5.74) is 3.37. The summed E-state index contributed by atoms with van der Waals surface area (Å²) < 4.78 is 0. The van der Waals surface area contributed by atoms with Gasteiger partial charge in [-0.3, -0.25) is 0 Å². The van der Waals surface area contributed by atoms with Crippen molar-refractivity contribution in [1.82, 2.24) is 10.3 Å². The van der Waals surface area contributed by atoms with Crippen LogP contribution in [-0.2, 0) is 0 Å². The van der Waals surface area contributed by atoms with Crippen LogP contribution in [0.2, 0.25) is 0 Å².